The predicted molar refractivity (Wildman–Crippen MR) is 103 cm³/mol. The molecular weight excluding hydrogens is 364 g/mol. The fourth-order valence-electron chi connectivity index (χ4n) is 4.39. The molecule has 2 aliphatic heterocycles. The maximum Gasteiger partial charge on any atom is 0.261 e. The van der Waals surface area contributed by atoms with Gasteiger partial charge in [-0.3, -0.25) is 28.3 Å². The van der Waals surface area contributed by atoms with Crippen molar-refractivity contribution in [3.05, 3.63) is 53.5 Å². The van der Waals surface area contributed by atoms with Crippen LogP contribution >= 0.6 is 0 Å². The van der Waals surface area contributed by atoms with Gasteiger partial charge in [-0.15, -0.1) is 0 Å². The van der Waals surface area contributed by atoms with E-state index in [0.29, 0.717) is 13.2 Å². The van der Waals surface area contributed by atoms with Gasteiger partial charge in [-0.25, -0.2) is 0 Å². The van der Waals surface area contributed by atoms with Crippen LogP contribution in [0.3, 0.4) is 0 Å². The molecule has 0 saturated carbocycles. The minimum absolute atomic E-state index is 0.153. The predicted octanol–water partition coefficient (Wildman–Crippen LogP) is 0.270. The first-order valence-corrected chi connectivity index (χ1v) is 9.68. The lowest BCUT2D eigenvalue weighted by molar-refractivity contribution is 0.0957. The lowest BCUT2D eigenvalue weighted by Gasteiger charge is -2.08. The molecule has 146 valence electrons. The first-order valence-electron chi connectivity index (χ1n) is 9.68. The Labute approximate surface area is 158 Å². The zero-order valence-corrected chi connectivity index (χ0v) is 15.3. The van der Waals surface area contributed by atoms with Gasteiger partial charge in [0.15, 0.2) is 0 Å². The molecule has 2 saturated heterocycles. The highest BCUT2D eigenvalue weighted by atomic mass is 16.5. The molecule has 0 spiro atoms. The van der Waals surface area contributed by atoms with Crippen molar-refractivity contribution in [2.45, 2.75) is 51.0 Å². The second-order valence-corrected chi connectivity index (χ2v) is 7.66. The number of rotatable bonds is 4. The molecule has 8 nitrogen and oxygen atoms in total. The highest BCUT2D eigenvalue weighted by Crippen LogP contribution is 2.18. The van der Waals surface area contributed by atoms with Crippen molar-refractivity contribution in [3.8, 4) is 0 Å². The first kappa shape index (κ1) is 17.5. The van der Waals surface area contributed by atoms with E-state index in [-0.39, 0.29) is 46.8 Å². The highest BCUT2D eigenvalue weighted by Gasteiger charge is 2.24. The number of benzene rings is 1. The minimum Gasteiger partial charge on any atom is -0.376 e. The van der Waals surface area contributed by atoms with E-state index >= 15 is 0 Å². The molecule has 0 bridgehead atoms. The summed E-state index contributed by atoms with van der Waals surface area (Å²) in [5, 5.41) is 0.729. The summed E-state index contributed by atoms with van der Waals surface area (Å²) >= 11 is 0. The number of ether oxygens (including phenoxy) is 2. The van der Waals surface area contributed by atoms with E-state index < -0.39 is 22.2 Å². The maximum absolute atomic E-state index is 12.8. The summed E-state index contributed by atoms with van der Waals surface area (Å²) in [5.41, 5.74) is -1.74. The fraction of sp³-hybridized carbons (Fsp3) is 0.500. The van der Waals surface area contributed by atoms with Gasteiger partial charge in [-0.1, -0.05) is 0 Å². The van der Waals surface area contributed by atoms with E-state index in [1.165, 1.54) is 12.1 Å². The third-order valence-corrected chi connectivity index (χ3v) is 5.88. The summed E-state index contributed by atoms with van der Waals surface area (Å²) in [7, 11) is 0. The molecule has 5 rings (SSSR count). The van der Waals surface area contributed by atoms with Crippen molar-refractivity contribution in [1.29, 1.82) is 0 Å². The van der Waals surface area contributed by atoms with E-state index in [2.05, 4.69) is 0 Å². The topological polar surface area (TPSA) is 96.6 Å². The minimum atomic E-state index is -0.434. The second-order valence-electron chi connectivity index (χ2n) is 7.66. The average Bonchev–Trinajstić information content (AvgIpc) is 3.47. The highest BCUT2D eigenvalue weighted by molar-refractivity contribution is 5.97. The lowest BCUT2D eigenvalue weighted by atomic mass is 10.1. The normalized spacial score (nSPS) is 22.7. The Kier molecular flexibility index (Phi) is 4.06. The van der Waals surface area contributed by atoms with Gasteiger partial charge in [-0.2, -0.15) is 0 Å². The second kappa shape index (κ2) is 6.49. The third kappa shape index (κ3) is 2.59. The maximum atomic E-state index is 12.8. The SMILES string of the molecule is O=c1c2cc3c(=O)n(C[C@@H]4CCCO4)c(=O)c3cc2c(=O)n1C[C@@H]1CCCO1. The third-order valence-electron chi connectivity index (χ3n) is 5.88. The van der Waals surface area contributed by atoms with Gasteiger partial charge in [0, 0.05) is 13.2 Å². The van der Waals surface area contributed by atoms with E-state index in [4.69, 9.17) is 9.47 Å². The number of nitrogens with zero attached hydrogens (tertiary/aromatic N) is 2. The van der Waals surface area contributed by atoms with Gasteiger partial charge in [0.2, 0.25) is 0 Å². The molecule has 0 unspecified atom stereocenters. The quantitative estimate of drug-likeness (QED) is 0.641. The van der Waals surface area contributed by atoms with E-state index in [0.717, 1.165) is 34.8 Å². The van der Waals surface area contributed by atoms with Crippen molar-refractivity contribution < 1.29 is 9.47 Å². The summed E-state index contributed by atoms with van der Waals surface area (Å²) in [5.74, 6) is 0. The molecule has 28 heavy (non-hydrogen) atoms. The van der Waals surface area contributed by atoms with Crippen LogP contribution in [0.1, 0.15) is 25.7 Å². The number of hydrogen-bond acceptors (Lipinski definition) is 6. The molecule has 3 aromatic rings. The Morgan fingerprint density at radius 3 is 1.32 bits per heavy atom. The first-order chi connectivity index (χ1) is 13.5. The van der Waals surface area contributed by atoms with Gasteiger partial charge in [0.25, 0.3) is 22.2 Å². The molecule has 8 heteroatoms. The molecule has 0 N–H and O–H groups in total. The van der Waals surface area contributed by atoms with Crippen LogP contribution in [0.5, 0.6) is 0 Å². The molecule has 2 fully saturated rings. The molecule has 2 aliphatic rings. The largest absolute Gasteiger partial charge is 0.376 e. The summed E-state index contributed by atoms with van der Waals surface area (Å²) < 4.78 is 13.4. The standard InChI is InChI=1S/C20H20N2O6/c23-17-13-7-15-16(20(26)22(19(15)25)10-12-4-2-6-28-12)8-14(13)18(24)21(17)9-11-3-1-5-27-11/h7-8,11-12H,1-6,9-10H2/t11-,12-/m0/s1. The van der Waals surface area contributed by atoms with E-state index in [1.807, 2.05) is 0 Å². The van der Waals surface area contributed by atoms with Crippen LogP contribution in [0.15, 0.2) is 31.3 Å². The van der Waals surface area contributed by atoms with Crippen LogP contribution in [0.2, 0.25) is 0 Å². The molecule has 0 amide bonds. The van der Waals surface area contributed by atoms with Gasteiger partial charge in [0.05, 0.1) is 46.8 Å². The molecule has 2 aromatic heterocycles. The van der Waals surface area contributed by atoms with Crippen molar-refractivity contribution in [2.24, 2.45) is 0 Å². The monoisotopic (exact) mass is 384 g/mol. The molecule has 2 atom stereocenters. The van der Waals surface area contributed by atoms with Crippen molar-refractivity contribution in [1.82, 2.24) is 9.13 Å². The Balaban J connectivity index is 1.64. The number of aromatic nitrogens is 2. The summed E-state index contributed by atoms with van der Waals surface area (Å²) in [6.07, 6.45) is 3.12. The molecule has 1 aromatic carbocycles. The number of hydrogen-bond donors (Lipinski definition) is 0. The summed E-state index contributed by atoms with van der Waals surface area (Å²) in [6.45, 7) is 1.66. The van der Waals surface area contributed by atoms with Crippen molar-refractivity contribution >= 4 is 21.5 Å². The smallest absolute Gasteiger partial charge is 0.261 e. The molecule has 4 heterocycles. The summed E-state index contributed by atoms with van der Waals surface area (Å²) in [6, 6.07) is 2.80. The van der Waals surface area contributed by atoms with Gasteiger partial charge < -0.3 is 9.47 Å². The van der Waals surface area contributed by atoms with Crippen LogP contribution in [0.25, 0.3) is 21.5 Å². The lowest BCUT2D eigenvalue weighted by Crippen LogP contribution is -2.31. The van der Waals surface area contributed by atoms with Crippen molar-refractivity contribution in [3.63, 3.8) is 0 Å². The Bertz CT molecular complexity index is 1090. The van der Waals surface area contributed by atoms with Gasteiger partial charge >= 0.3 is 0 Å². The van der Waals surface area contributed by atoms with Crippen LogP contribution in [0.4, 0.5) is 0 Å². The van der Waals surface area contributed by atoms with Crippen LogP contribution in [0, 0.1) is 0 Å². The Morgan fingerprint density at radius 2 is 1.04 bits per heavy atom. The van der Waals surface area contributed by atoms with Crippen LogP contribution in [-0.2, 0) is 22.6 Å². The zero-order chi connectivity index (χ0) is 19.4. The summed E-state index contributed by atoms with van der Waals surface area (Å²) in [4.78, 5) is 51.1. The van der Waals surface area contributed by atoms with E-state index in [9.17, 15) is 19.2 Å². The van der Waals surface area contributed by atoms with Crippen LogP contribution < -0.4 is 22.2 Å². The van der Waals surface area contributed by atoms with E-state index in [1.54, 1.807) is 0 Å². The zero-order valence-electron chi connectivity index (χ0n) is 15.3. The molecular formula is C20H20N2O6. The Morgan fingerprint density at radius 1 is 0.679 bits per heavy atom. The van der Waals surface area contributed by atoms with Gasteiger partial charge in [-0.05, 0) is 37.8 Å². The average molecular weight is 384 g/mol. The Hall–Kier alpha value is -2.58. The van der Waals surface area contributed by atoms with Crippen molar-refractivity contribution in [2.75, 3.05) is 13.2 Å². The molecule has 0 radical (unpaired) electrons. The fourth-order valence-corrected chi connectivity index (χ4v) is 4.39. The molecule has 0 aliphatic carbocycles. The van der Waals surface area contributed by atoms with Crippen LogP contribution in [-0.4, -0.2) is 34.6 Å². The van der Waals surface area contributed by atoms with Gasteiger partial charge in [0.1, 0.15) is 0 Å². The number of fused-ring (bicyclic) bond motifs is 2.